The fourth-order valence-electron chi connectivity index (χ4n) is 3.82. The molecule has 3 atom stereocenters. The van der Waals surface area contributed by atoms with Gasteiger partial charge < -0.3 is 14.4 Å². The minimum atomic E-state index is -3.60. The highest BCUT2D eigenvalue weighted by Crippen LogP contribution is 2.35. The number of halogens is 1. The lowest BCUT2D eigenvalue weighted by molar-refractivity contribution is -0.144. The van der Waals surface area contributed by atoms with Gasteiger partial charge in [0.15, 0.2) is 21.3 Å². The summed E-state index contributed by atoms with van der Waals surface area (Å²) in [6.07, 6.45) is -1.25. The van der Waals surface area contributed by atoms with Gasteiger partial charge in [-0.2, -0.15) is 0 Å². The first-order chi connectivity index (χ1) is 13.9. The van der Waals surface area contributed by atoms with E-state index in [0.29, 0.717) is 11.5 Å². The molecule has 0 N–H and O–H groups in total. The fraction of sp³-hybridized carbons (Fsp3) is 0.381. The lowest BCUT2D eigenvalue weighted by atomic mass is 10.1. The Morgan fingerprint density at radius 1 is 1.03 bits per heavy atom. The summed E-state index contributed by atoms with van der Waals surface area (Å²) in [5.41, 5.74) is 0.154. The number of rotatable bonds is 2. The maximum atomic E-state index is 14.2. The topological polar surface area (TPSA) is 72.9 Å². The van der Waals surface area contributed by atoms with Crippen molar-refractivity contribution in [2.24, 2.45) is 0 Å². The van der Waals surface area contributed by atoms with Crippen LogP contribution in [0.3, 0.4) is 0 Å². The minimum Gasteiger partial charge on any atom is -0.482 e. The molecule has 29 heavy (non-hydrogen) atoms. The van der Waals surface area contributed by atoms with Crippen molar-refractivity contribution in [3.05, 3.63) is 59.9 Å². The van der Waals surface area contributed by atoms with Gasteiger partial charge in [-0.05, 0) is 31.5 Å². The summed E-state index contributed by atoms with van der Waals surface area (Å²) in [6, 6.07) is 13.0. The summed E-state index contributed by atoms with van der Waals surface area (Å²) >= 11 is 0. The van der Waals surface area contributed by atoms with Crippen molar-refractivity contribution in [3.8, 4) is 11.5 Å². The van der Waals surface area contributed by atoms with Gasteiger partial charge in [-0.15, -0.1) is 0 Å². The Kier molecular flexibility index (Phi) is 5.21. The van der Waals surface area contributed by atoms with Crippen LogP contribution in [0.2, 0.25) is 0 Å². The monoisotopic (exact) mass is 419 g/mol. The summed E-state index contributed by atoms with van der Waals surface area (Å²) in [7, 11) is -3.60. The molecular weight excluding hydrogens is 397 g/mol. The second kappa shape index (κ2) is 7.67. The fourth-order valence-corrected chi connectivity index (χ4v) is 5.62. The van der Waals surface area contributed by atoms with Crippen LogP contribution in [0.4, 0.5) is 4.39 Å². The second-order valence-electron chi connectivity index (χ2n) is 7.30. The second-order valence-corrected chi connectivity index (χ2v) is 9.60. The molecule has 1 amide bonds. The average Bonchev–Trinajstić information content (AvgIpc) is 2.85. The number of fused-ring (bicyclic) bond motifs is 1. The van der Waals surface area contributed by atoms with Gasteiger partial charge in [0.25, 0.3) is 5.91 Å². The smallest absolute Gasteiger partial charge is 0.267 e. The maximum Gasteiger partial charge on any atom is 0.267 e. The van der Waals surface area contributed by atoms with Gasteiger partial charge in [-0.25, -0.2) is 12.8 Å². The summed E-state index contributed by atoms with van der Waals surface area (Å²) < 4.78 is 51.4. The molecule has 0 spiro atoms. The summed E-state index contributed by atoms with van der Waals surface area (Å²) in [4.78, 5) is 14.6. The Labute approximate surface area is 169 Å². The predicted molar refractivity (Wildman–Crippen MR) is 105 cm³/mol. The van der Waals surface area contributed by atoms with Crippen LogP contribution in [-0.2, 0) is 14.6 Å². The lowest BCUT2D eigenvalue weighted by Crippen LogP contribution is -2.51. The van der Waals surface area contributed by atoms with Gasteiger partial charge in [-0.3, -0.25) is 4.79 Å². The van der Waals surface area contributed by atoms with Crippen LogP contribution in [0.5, 0.6) is 11.5 Å². The van der Waals surface area contributed by atoms with Crippen LogP contribution >= 0.6 is 0 Å². The SMILES string of the molecule is C[C@@H]1Oc2ccccc2O[C@H]1C(=O)N1CC[C@@H](c2ccccc2F)S(=O)(=O)CC1. The highest BCUT2D eigenvalue weighted by atomic mass is 32.2. The number of ether oxygens (including phenoxy) is 2. The molecule has 4 rings (SSSR count). The van der Waals surface area contributed by atoms with Crippen molar-refractivity contribution < 1.29 is 27.1 Å². The third-order valence-electron chi connectivity index (χ3n) is 5.39. The third-order valence-corrected chi connectivity index (χ3v) is 7.50. The Balaban J connectivity index is 1.54. The number of hydrogen-bond acceptors (Lipinski definition) is 5. The minimum absolute atomic E-state index is 0.0420. The average molecular weight is 419 g/mol. The molecule has 6 nitrogen and oxygen atoms in total. The Hall–Kier alpha value is -2.61. The van der Waals surface area contributed by atoms with Crippen LogP contribution in [0, 0.1) is 5.82 Å². The molecular formula is C21H22FNO5S. The molecule has 2 aromatic carbocycles. The summed E-state index contributed by atoms with van der Waals surface area (Å²) in [6.45, 7) is 1.99. The molecule has 2 heterocycles. The highest BCUT2D eigenvalue weighted by Gasteiger charge is 2.40. The van der Waals surface area contributed by atoms with E-state index in [2.05, 4.69) is 0 Å². The van der Waals surface area contributed by atoms with Crippen LogP contribution in [0.25, 0.3) is 0 Å². The number of sulfone groups is 1. The molecule has 0 aromatic heterocycles. The van der Waals surface area contributed by atoms with Gasteiger partial charge in [0.2, 0.25) is 6.10 Å². The van der Waals surface area contributed by atoms with E-state index in [1.54, 1.807) is 31.2 Å². The largest absolute Gasteiger partial charge is 0.482 e. The van der Waals surface area contributed by atoms with Gasteiger partial charge >= 0.3 is 0 Å². The molecule has 2 aliphatic rings. The molecule has 1 fully saturated rings. The summed E-state index contributed by atoms with van der Waals surface area (Å²) in [5, 5.41) is -0.969. The number of nitrogens with zero attached hydrogens (tertiary/aromatic N) is 1. The molecule has 0 radical (unpaired) electrons. The lowest BCUT2D eigenvalue weighted by Gasteiger charge is -2.34. The number of carbonyl (C=O) groups excluding carboxylic acids is 1. The molecule has 1 saturated heterocycles. The van der Waals surface area contributed by atoms with E-state index in [0.717, 1.165) is 0 Å². The number of benzene rings is 2. The van der Waals surface area contributed by atoms with Gasteiger partial charge in [-0.1, -0.05) is 30.3 Å². The van der Waals surface area contributed by atoms with Crippen LogP contribution in [0.1, 0.15) is 24.2 Å². The van der Waals surface area contributed by atoms with Crippen LogP contribution in [0.15, 0.2) is 48.5 Å². The molecule has 2 aliphatic heterocycles. The first kappa shape index (κ1) is 19.7. The Morgan fingerprint density at radius 3 is 2.41 bits per heavy atom. The zero-order valence-corrected chi connectivity index (χ0v) is 16.8. The van der Waals surface area contributed by atoms with Crippen molar-refractivity contribution >= 4 is 15.7 Å². The van der Waals surface area contributed by atoms with Crippen LogP contribution < -0.4 is 9.47 Å². The maximum absolute atomic E-state index is 14.2. The summed E-state index contributed by atoms with van der Waals surface area (Å²) in [5.74, 6) is -0.0414. The van der Waals surface area contributed by atoms with E-state index >= 15 is 0 Å². The highest BCUT2D eigenvalue weighted by molar-refractivity contribution is 7.91. The van der Waals surface area contributed by atoms with Gasteiger partial charge in [0, 0.05) is 18.7 Å². The zero-order valence-electron chi connectivity index (χ0n) is 16.0. The molecule has 0 aliphatic carbocycles. The molecule has 0 unspecified atom stereocenters. The predicted octanol–water partition coefficient (Wildman–Crippen LogP) is 2.74. The van der Waals surface area contributed by atoms with E-state index in [1.807, 2.05) is 6.07 Å². The van der Waals surface area contributed by atoms with E-state index in [4.69, 9.17) is 9.47 Å². The number of amides is 1. The van der Waals surface area contributed by atoms with Crippen molar-refractivity contribution in [2.75, 3.05) is 18.8 Å². The number of carbonyl (C=O) groups is 1. The van der Waals surface area contributed by atoms with E-state index in [-0.39, 0.29) is 36.7 Å². The Bertz CT molecular complexity index is 1030. The third kappa shape index (κ3) is 3.81. The number of hydrogen-bond donors (Lipinski definition) is 0. The normalized spacial score (nSPS) is 25.9. The standard InChI is InChI=1S/C21H22FNO5S/c1-14-20(28-18-9-5-4-8-17(18)27-14)21(24)23-11-10-19(29(25,26)13-12-23)15-6-2-3-7-16(15)22/h2-9,14,19-20H,10-13H2,1H3/t14-,19-,20+/m0/s1. The first-order valence-electron chi connectivity index (χ1n) is 9.54. The van der Waals surface area contributed by atoms with E-state index < -0.39 is 33.1 Å². The molecule has 8 heteroatoms. The Morgan fingerprint density at radius 2 is 1.69 bits per heavy atom. The molecule has 0 bridgehead atoms. The van der Waals surface area contributed by atoms with E-state index in [9.17, 15) is 17.6 Å². The molecule has 2 aromatic rings. The zero-order chi connectivity index (χ0) is 20.6. The quantitative estimate of drug-likeness (QED) is 0.749. The molecule has 0 saturated carbocycles. The van der Waals surface area contributed by atoms with Crippen molar-refractivity contribution in [1.29, 1.82) is 0 Å². The van der Waals surface area contributed by atoms with Crippen molar-refractivity contribution in [2.45, 2.75) is 30.8 Å². The van der Waals surface area contributed by atoms with Crippen LogP contribution in [-0.4, -0.2) is 50.3 Å². The van der Waals surface area contributed by atoms with E-state index in [1.165, 1.54) is 23.1 Å². The molecule has 154 valence electrons. The van der Waals surface area contributed by atoms with Gasteiger partial charge in [0.05, 0.1) is 11.0 Å². The number of para-hydroxylation sites is 2. The van der Waals surface area contributed by atoms with Gasteiger partial charge in [0.1, 0.15) is 11.9 Å². The van der Waals surface area contributed by atoms with Crippen molar-refractivity contribution in [1.82, 2.24) is 4.90 Å². The van der Waals surface area contributed by atoms with Crippen molar-refractivity contribution in [3.63, 3.8) is 0 Å². The first-order valence-corrected chi connectivity index (χ1v) is 11.3.